The Morgan fingerprint density at radius 3 is 2.58 bits per heavy atom. The lowest BCUT2D eigenvalue weighted by atomic mass is 10.1. The van der Waals surface area contributed by atoms with Gasteiger partial charge in [-0.2, -0.15) is 13.2 Å². The van der Waals surface area contributed by atoms with Crippen molar-refractivity contribution >= 4 is 40.1 Å². The van der Waals surface area contributed by atoms with E-state index >= 15 is 0 Å². The number of ether oxygens (including phenoxy) is 1. The number of carbonyl (C=O) groups is 1. The summed E-state index contributed by atoms with van der Waals surface area (Å²) in [6.45, 7) is 1.65. The average molecular weight is 500 g/mol. The first-order chi connectivity index (χ1) is 15.5. The minimum atomic E-state index is -4.43. The molecule has 4 nitrogen and oxygen atoms in total. The highest BCUT2D eigenvalue weighted by Gasteiger charge is 2.33. The highest BCUT2D eigenvalue weighted by Crippen LogP contribution is 2.39. The summed E-state index contributed by atoms with van der Waals surface area (Å²) in [5, 5.41) is 10.7. The van der Waals surface area contributed by atoms with Gasteiger partial charge in [0.25, 0.3) is 0 Å². The fourth-order valence-corrected chi connectivity index (χ4v) is 5.01. The fraction of sp³-hybridized carbons (Fsp3) is 0.375. The van der Waals surface area contributed by atoms with Gasteiger partial charge in [-0.05, 0) is 67.6 Å². The summed E-state index contributed by atoms with van der Waals surface area (Å²) >= 11 is 13.0. The molecule has 4 rings (SSSR count). The second-order valence-corrected chi connectivity index (χ2v) is 9.31. The van der Waals surface area contributed by atoms with Crippen molar-refractivity contribution in [3.8, 4) is 5.75 Å². The van der Waals surface area contributed by atoms with Crippen molar-refractivity contribution in [1.29, 1.82) is 0 Å². The smallest absolute Gasteiger partial charge is 0.416 e. The lowest BCUT2D eigenvalue weighted by molar-refractivity contribution is -0.141. The molecular weight excluding hydrogens is 478 g/mol. The Kier molecular flexibility index (Phi) is 6.31. The first-order valence-electron chi connectivity index (χ1n) is 10.5. The van der Waals surface area contributed by atoms with E-state index < -0.39 is 23.6 Å². The molecule has 0 unspecified atom stereocenters. The molecular formula is C24H22Cl2F3NO3. The number of aliphatic carboxylic acids is 1. The van der Waals surface area contributed by atoms with E-state index in [0.717, 1.165) is 23.2 Å². The van der Waals surface area contributed by atoms with Crippen LogP contribution in [-0.2, 0) is 24.4 Å². The highest BCUT2D eigenvalue weighted by molar-refractivity contribution is 6.37. The van der Waals surface area contributed by atoms with E-state index in [-0.39, 0.29) is 6.10 Å². The third kappa shape index (κ3) is 4.66. The summed E-state index contributed by atoms with van der Waals surface area (Å²) in [6.07, 6.45) is -2.81. The summed E-state index contributed by atoms with van der Waals surface area (Å²) in [7, 11) is 1.71. The van der Waals surface area contributed by atoms with Gasteiger partial charge >= 0.3 is 12.1 Å². The van der Waals surface area contributed by atoms with Crippen LogP contribution in [0.5, 0.6) is 5.75 Å². The number of rotatable bonds is 5. The number of fused-ring (bicyclic) bond motifs is 1. The number of hydrogen-bond acceptors (Lipinski definition) is 2. The number of carboxylic acids is 1. The lowest BCUT2D eigenvalue weighted by Gasteiger charge is -2.17. The molecule has 0 aliphatic heterocycles. The van der Waals surface area contributed by atoms with E-state index in [1.54, 1.807) is 30.7 Å². The number of aromatic nitrogens is 1. The average Bonchev–Trinajstić information content (AvgIpc) is 3.32. The van der Waals surface area contributed by atoms with Gasteiger partial charge in [-0.15, -0.1) is 0 Å². The Morgan fingerprint density at radius 1 is 1.21 bits per heavy atom. The summed E-state index contributed by atoms with van der Waals surface area (Å²) < 4.78 is 47.5. The maximum absolute atomic E-state index is 13.3. The van der Waals surface area contributed by atoms with Crippen LogP contribution in [0.25, 0.3) is 10.9 Å². The number of nitrogens with zero attached hydrogens (tertiary/aromatic N) is 1. The zero-order valence-corrected chi connectivity index (χ0v) is 19.5. The van der Waals surface area contributed by atoms with Gasteiger partial charge in [-0.3, -0.25) is 4.79 Å². The van der Waals surface area contributed by atoms with Crippen molar-refractivity contribution < 1.29 is 27.8 Å². The van der Waals surface area contributed by atoms with Crippen molar-refractivity contribution in [1.82, 2.24) is 4.57 Å². The minimum absolute atomic E-state index is 0.251. The van der Waals surface area contributed by atoms with Crippen molar-refractivity contribution in [3.63, 3.8) is 0 Å². The third-order valence-electron chi connectivity index (χ3n) is 6.33. The Bertz CT molecular complexity index is 1240. The van der Waals surface area contributed by atoms with Gasteiger partial charge in [-0.1, -0.05) is 23.2 Å². The monoisotopic (exact) mass is 499 g/mol. The van der Waals surface area contributed by atoms with E-state index in [2.05, 4.69) is 0 Å². The SMILES string of the molecule is Cc1cc(C(F)(F)F)cc2c1cc(Cc1c(Cl)ccc(O[C@H]3CC[C@H](C(=O)O)C3)c1Cl)n2C. The van der Waals surface area contributed by atoms with Crippen molar-refractivity contribution in [2.45, 2.75) is 44.9 Å². The van der Waals surface area contributed by atoms with Gasteiger partial charge in [0.05, 0.1) is 22.6 Å². The molecule has 1 saturated carbocycles. The third-order valence-corrected chi connectivity index (χ3v) is 7.10. The first-order valence-corrected chi connectivity index (χ1v) is 11.2. The molecule has 3 aromatic rings. The van der Waals surface area contributed by atoms with Crippen molar-refractivity contribution in [2.75, 3.05) is 0 Å². The molecule has 1 heterocycles. The van der Waals surface area contributed by atoms with Crippen LogP contribution in [-0.4, -0.2) is 21.7 Å². The van der Waals surface area contributed by atoms with Gasteiger partial charge in [0.1, 0.15) is 5.75 Å². The Hall–Kier alpha value is -2.38. The van der Waals surface area contributed by atoms with Crippen LogP contribution < -0.4 is 4.74 Å². The summed E-state index contributed by atoms with van der Waals surface area (Å²) in [5.74, 6) is -0.841. The first kappa shape index (κ1) is 23.8. The van der Waals surface area contributed by atoms with Gasteiger partial charge in [0.15, 0.2) is 0 Å². The molecule has 1 aliphatic rings. The Balaban J connectivity index is 1.65. The predicted molar refractivity (Wildman–Crippen MR) is 121 cm³/mol. The molecule has 176 valence electrons. The number of carboxylic acid groups (broad SMARTS) is 1. The van der Waals surface area contributed by atoms with Crippen LogP contribution in [0.4, 0.5) is 13.2 Å². The Morgan fingerprint density at radius 2 is 1.94 bits per heavy atom. The molecule has 2 aromatic carbocycles. The zero-order chi connectivity index (χ0) is 24.1. The van der Waals surface area contributed by atoms with Gasteiger partial charge < -0.3 is 14.4 Å². The molecule has 0 bridgehead atoms. The second-order valence-electron chi connectivity index (χ2n) is 8.52. The number of benzene rings is 2. The molecule has 1 aliphatic carbocycles. The predicted octanol–water partition coefficient (Wildman–Crippen LogP) is 7.04. The van der Waals surface area contributed by atoms with Crippen LogP contribution in [0, 0.1) is 12.8 Å². The van der Waals surface area contributed by atoms with E-state index in [1.165, 1.54) is 0 Å². The largest absolute Gasteiger partial charge is 0.489 e. The minimum Gasteiger partial charge on any atom is -0.489 e. The topological polar surface area (TPSA) is 51.5 Å². The molecule has 0 spiro atoms. The second kappa shape index (κ2) is 8.76. The van der Waals surface area contributed by atoms with Crippen LogP contribution in [0.2, 0.25) is 10.0 Å². The van der Waals surface area contributed by atoms with Crippen molar-refractivity contribution in [3.05, 3.63) is 62.8 Å². The van der Waals surface area contributed by atoms with Crippen molar-refractivity contribution in [2.24, 2.45) is 13.0 Å². The molecule has 0 amide bonds. The van der Waals surface area contributed by atoms with E-state index in [4.69, 9.17) is 27.9 Å². The molecule has 1 aromatic heterocycles. The number of alkyl halides is 3. The van der Waals surface area contributed by atoms with Gasteiger partial charge in [0, 0.05) is 35.1 Å². The number of aryl methyl sites for hydroxylation is 2. The summed E-state index contributed by atoms with van der Waals surface area (Å²) in [6, 6.07) is 7.46. The lowest BCUT2D eigenvalue weighted by Crippen LogP contribution is -2.16. The molecule has 0 radical (unpaired) electrons. The number of hydrogen-bond donors (Lipinski definition) is 1. The Labute approximate surface area is 198 Å². The standard InChI is InChI=1S/C24H22Cl2F3NO3/c1-12-7-14(24(27,28)29)9-20-17(12)10-15(30(20)2)11-18-19(25)5-6-21(22(18)26)33-16-4-3-13(8-16)23(31)32/h5-7,9-10,13,16H,3-4,8,11H2,1-2H3,(H,31,32)/t13-,16-/m0/s1. The molecule has 0 saturated heterocycles. The molecule has 1 N–H and O–H groups in total. The molecule has 9 heteroatoms. The normalized spacial score (nSPS) is 18.8. The highest BCUT2D eigenvalue weighted by atomic mass is 35.5. The van der Waals surface area contributed by atoms with E-state index in [9.17, 15) is 23.1 Å². The van der Waals surface area contributed by atoms with Crippen LogP contribution in [0.3, 0.4) is 0 Å². The van der Waals surface area contributed by atoms with Gasteiger partial charge in [-0.25, -0.2) is 0 Å². The number of halogens is 5. The van der Waals surface area contributed by atoms with Gasteiger partial charge in [0.2, 0.25) is 0 Å². The summed E-state index contributed by atoms with van der Waals surface area (Å²) in [4.78, 5) is 11.2. The quantitative estimate of drug-likeness (QED) is 0.409. The van der Waals surface area contributed by atoms with E-state index in [1.807, 2.05) is 6.07 Å². The fourth-order valence-electron chi connectivity index (χ4n) is 4.46. The maximum Gasteiger partial charge on any atom is 0.416 e. The summed E-state index contributed by atoms with van der Waals surface area (Å²) in [5.41, 5.74) is 1.67. The maximum atomic E-state index is 13.3. The molecule has 2 atom stereocenters. The van der Waals surface area contributed by atoms with Crippen LogP contribution >= 0.6 is 23.2 Å². The zero-order valence-electron chi connectivity index (χ0n) is 18.0. The van der Waals surface area contributed by atoms with Crippen LogP contribution in [0.15, 0.2) is 30.3 Å². The van der Waals surface area contributed by atoms with E-state index in [0.29, 0.717) is 58.1 Å². The molecule has 33 heavy (non-hydrogen) atoms. The van der Waals surface area contributed by atoms with Crippen LogP contribution in [0.1, 0.15) is 41.6 Å². The molecule has 1 fully saturated rings.